The Bertz CT molecular complexity index is 647. The fourth-order valence-corrected chi connectivity index (χ4v) is 4.10. The van der Waals surface area contributed by atoms with E-state index < -0.39 is 0 Å². The molecule has 0 radical (unpaired) electrons. The van der Waals surface area contributed by atoms with Gasteiger partial charge < -0.3 is 10.2 Å². The number of hydrogen-bond acceptors (Lipinski definition) is 5. The maximum absolute atomic E-state index is 12.3. The highest BCUT2D eigenvalue weighted by atomic mass is 32.1. The number of hydrogen-bond donors (Lipinski definition) is 1. The molecule has 3 rings (SSSR count). The van der Waals surface area contributed by atoms with Crippen molar-refractivity contribution in [2.75, 3.05) is 32.7 Å². The molecule has 24 heavy (non-hydrogen) atoms. The second-order valence-electron chi connectivity index (χ2n) is 5.72. The molecule has 128 valence electrons. The maximum Gasteiger partial charge on any atom is 0.261 e. The third kappa shape index (κ3) is 4.66. The molecular weight excluding hydrogens is 342 g/mol. The molecule has 0 aromatic carbocycles. The monoisotopic (exact) mass is 363 g/mol. The summed E-state index contributed by atoms with van der Waals surface area (Å²) in [7, 11) is 0. The number of carbonyl (C=O) groups excluding carboxylic acids is 2. The van der Waals surface area contributed by atoms with E-state index in [2.05, 4.69) is 27.7 Å². The van der Waals surface area contributed by atoms with Crippen LogP contribution in [0.5, 0.6) is 0 Å². The van der Waals surface area contributed by atoms with E-state index in [1.807, 2.05) is 16.3 Å². The summed E-state index contributed by atoms with van der Waals surface area (Å²) in [6.45, 7) is 4.71. The first-order chi connectivity index (χ1) is 11.7. The van der Waals surface area contributed by atoms with E-state index in [1.54, 1.807) is 17.4 Å². The number of rotatable bonds is 6. The molecule has 0 atom stereocenters. The number of piperazine rings is 1. The molecule has 1 saturated heterocycles. The Morgan fingerprint density at radius 2 is 1.79 bits per heavy atom. The van der Waals surface area contributed by atoms with Gasteiger partial charge in [0.2, 0.25) is 5.91 Å². The van der Waals surface area contributed by atoms with E-state index in [9.17, 15) is 9.59 Å². The van der Waals surface area contributed by atoms with Gasteiger partial charge >= 0.3 is 0 Å². The van der Waals surface area contributed by atoms with Crippen molar-refractivity contribution >= 4 is 34.5 Å². The Balaban J connectivity index is 1.35. The lowest BCUT2D eigenvalue weighted by atomic mass is 10.2. The van der Waals surface area contributed by atoms with Gasteiger partial charge in [-0.15, -0.1) is 22.7 Å². The van der Waals surface area contributed by atoms with Gasteiger partial charge in [-0.1, -0.05) is 12.1 Å². The van der Waals surface area contributed by atoms with Crippen LogP contribution < -0.4 is 5.32 Å². The lowest BCUT2D eigenvalue weighted by Gasteiger charge is -2.34. The van der Waals surface area contributed by atoms with Gasteiger partial charge in [-0.3, -0.25) is 14.5 Å². The summed E-state index contributed by atoms with van der Waals surface area (Å²) in [5, 5.41) is 6.78. The van der Waals surface area contributed by atoms with Crippen LogP contribution in [0.4, 0.5) is 0 Å². The second kappa shape index (κ2) is 8.41. The lowest BCUT2D eigenvalue weighted by Crippen LogP contribution is -2.48. The molecule has 0 spiro atoms. The molecule has 0 bridgehead atoms. The van der Waals surface area contributed by atoms with Crippen LogP contribution in [-0.2, 0) is 11.3 Å². The van der Waals surface area contributed by atoms with Gasteiger partial charge in [0.05, 0.1) is 4.88 Å². The van der Waals surface area contributed by atoms with Gasteiger partial charge in [0.15, 0.2) is 0 Å². The van der Waals surface area contributed by atoms with Gasteiger partial charge in [-0.25, -0.2) is 0 Å². The fourth-order valence-electron chi connectivity index (χ4n) is 2.71. The van der Waals surface area contributed by atoms with E-state index in [1.165, 1.54) is 16.2 Å². The smallest absolute Gasteiger partial charge is 0.261 e. The Morgan fingerprint density at radius 3 is 2.46 bits per heavy atom. The van der Waals surface area contributed by atoms with Crippen molar-refractivity contribution in [3.05, 3.63) is 44.8 Å². The molecule has 0 aliphatic carbocycles. The van der Waals surface area contributed by atoms with Crippen molar-refractivity contribution in [2.24, 2.45) is 0 Å². The predicted molar refractivity (Wildman–Crippen MR) is 97.4 cm³/mol. The van der Waals surface area contributed by atoms with Crippen LogP contribution >= 0.6 is 22.7 Å². The van der Waals surface area contributed by atoms with Gasteiger partial charge in [-0.2, -0.15) is 0 Å². The molecule has 7 heteroatoms. The van der Waals surface area contributed by atoms with Crippen LogP contribution in [0, 0.1) is 0 Å². The molecule has 1 fully saturated rings. The summed E-state index contributed by atoms with van der Waals surface area (Å²) >= 11 is 3.18. The van der Waals surface area contributed by atoms with E-state index in [0.717, 1.165) is 32.7 Å². The number of thiophene rings is 2. The molecule has 2 aromatic heterocycles. The average Bonchev–Trinajstić information content (AvgIpc) is 3.29. The topological polar surface area (TPSA) is 52.7 Å². The SMILES string of the molecule is O=C(NCCC(=O)N1CCN(Cc2cccs2)CC1)c1cccs1. The van der Waals surface area contributed by atoms with Crippen LogP contribution in [0.3, 0.4) is 0 Å². The Kier molecular flexibility index (Phi) is 6.01. The van der Waals surface area contributed by atoms with Crippen LogP contribution in [0.1, 0.15) is 21.0 Å². The average molecular weight is 364 g/mol. The Hall–Kier alpha value is -1.70. The zero-order valence-electron chi connectivity index (χ0n) is 13.4. The molecule has 0 unspecified atom stereocenters. The minimum atomic E-state index is -0.0985. The minimum Gasteiger partial charge on any atom is -0.351 e. The van der Waals surface area contributed by atoms with Gasteiger partial charge in [0, 0.05) is 50.6 Å². The van der Waals surface area contributed by atoms with E-state index in [-0.39, 0.29) is 11.8 Å². The van der Waals surface area contributed by atoms with E-state index in [0.29, 0.717) is 17.8 Å². The zero-order valence-corrected chi connectivity index (χ0v) is 15.1. The maximum atomic E-state index is 12.3. The Morgan fingerprint density at radius 1 is 1.04 bits per heavy atom. The van der Waals surface area contributed by atoms with Crippen molar-refractivity contribution in [1.29, 1.82) is 0 Å². The highest BCUT2D eigenvalue weighted by Crippen LogP contribution is 2.14. The van der Waals surface area contributed by atoms with Gasteiger partial charge in [-0.05, 0) is 22.9 Å². The van der Waals surface area contributed by atoms with Gasteiger partial charge in [0.1, 0.15) is 0 Å². The number of nitrogens with one attached hydrogen (secondary N) is 1. The van der Waals surface area contributed by atoms with Crippen LogP contribution in [0.25, 0.3) is 0 Å². The first-order valence-corrected chi connectivity index (χ1v) is 9.82. The number of nitrogens with zero attached hydrogens (tertiary/aromatic N) is 2. The highest BCUT2D eigenvalue weighted by Gasteiger charge is 2.21. The summed E-state index contributed by atoms with van der Waals surface area (Å²) in [5.41, 5.74) is 0. The normalized spacial score (nSPS) is 15.4. The largest absolute Gasteiger partial charge is 0.351 e. The van der Waals surface area contributed by atoms with Crippen molar-refractivity contribution < 1.29 is 9.59 Å². The third-order valence-corrected chi connectivity index (χ3v) is 5.78. The minimum absolute atomic E-state index is 0.0985. The number of amides is 2. The van der Waals surface area contributed by atoms with Crippen molar-refractivity contribution in [1.82, 2.24) is 15.1 Å². The Labute approximate surface area is 149 Å². The van der Waals surface area contributed by atoms with Crippen LogP contribution in [0.15, 0.2) is 35.0 Å². The summed E-state index contributed by atoms with van der Waals surface area (Å²) in [5.74, 6) is 0.0239. The van der Waals surface area contributed by atoms with Crippen LogP contribution in [0.2, 0.25) is 0 Å². The first kappa shape index (κ1) is 17.1. The third-order valence-electron chi connectivity index (χ3n) is 4.05. The van der Waals surface area contributed by atoms with Crippen molar-refractivity contribution in [2.45, 2.75) is 13.0 Å². The molecule has 1 N–H and O–H groups in total. The zero-order chi connectivity index (χ0) is 16.8. The molecule has 5 nitrogen and oxygen atoms in total. The number of carbonyl (C=O) groups is 2. The molecule has 2 aromatic rings. The highest BCUT2D eigenvalue weighted by molar-refractivity contribution is 7.12. The lowest BCUT2D eigenvalue weighted by molar-refractivity contribution is -0.132. The van der Waals surface area contributed by atoms with Gasteiger partial charge in [0.25, 0.3) is 5.91 Å². The van der Waals surface area contributed by atoms with Crippen LogP contribution in [-0.4, -0.2) is 54.3 Å². The summed E-state index contributed by atoms with van der Waals surface area (Å²) in [6, 6.07) is 7.86. The predicted octanol–water partition coefficient (Wildman–Crippen LogP) is 2.27. The van der Waals surface area contributed by atoms with Crippen molar-refractivity contribution in [3.8, 4) is 0 Å². The molecule has 3 heterocycles. The second-order valence-corrected chi connectivity index (χ2v) is 7.70. The summed E-state index contributed by atoms with van der Waals surface area (Å²) in [6.07, 6.45) is 0.363. The molecule has 0 saturated carbocycles. The standard InChI is InChI=1S/C17H21N3O2S2/c21-16(5-6-18-17(22)15-4-2-12-24-15)20-9-7-19(8-10-20)13-14-3-1-11-23-14/h1-4,11-12H,5-10,13H2,(H,18,22). The fraction of sp³-hybridized carbons (Fsp3) is 0.412. The van der Waals surface area contributed by atoms with Crippen molar-refractivity contribution in [3.63, 3.8) is 0 Å². The molecule has 1 aliphatic heterocycles. The summed E-state index contributed by atoms with van der Waals surface area (Å²) < 4.78 is 0. The van der Waals surface area contributed by atoms with E-state index in [4.69, 9.17) is 0 Å². The molecule has 2 amide bonds. The summed E-state index contributed by atoms with van der Waals surface area (Å²) in [4.78, 5) is 30.4. The van der Waals surface area contributed by atoms with E-state index >= 15 is 0 Å². The quantitative estimate of drug-likeness (QED) is 0.857. The molecular formula is C17H21N3O2S2. The molecule has 1 aliphatic rings. The first-order valence-electron chi connectivity index (χ1n) is 8.06.